The molecule has 0 aliphatic carbocycles. The Morgan fingerprint density at radius 2 is 0.459 bits per heavy atom. The number of ether oxygens (including phenoxy) is 4. The van der Waals surface area contributed by atoms with E-state index in [9.17, 15) is 43.2 Å². The van der Waals surface area contributed by atoms with Crippen molar-refractivity contribution in [2.45, 2.75) is 510 Å². The molecule has 17 nitrogen and oxygen atoms in total. The summed E-state index contributed by atoms with van der Waals surface area (Å²) in [5.74, 6) is 0.391. The average molecular weight is 1620 g/mol. The van der Waals surface area contributed by atoms with Gasteiger partial charge in [-0.2, -0.15) is 0 Å². The van der Waals surface area contributed by atoms with E-state index in [1.54, 1.807) is 0 Å². The van der Waals surface area contributed by atoms with Crippen molar-refractivity contribution in [1.29, 1.82) is 0 Å². The maximum Gasteiger partial charge on any atom is 0.472 e. The van der Waals surface area contributed by atoms with Crippen molar-refractivity contribution in [2.75, 3.05) is 39.6 Å². The lowest BCUT2D eigenvalue weighted by atomic mass is 9.99. The monoisotopic (exact) mass is 1620 g/mol. The van der Waals surface area contributed by atoms with Crippen molar-refractivity contribution < 1.29 is 80.2 Å². The molecule has 0 rings (SSSR count). The summed E-state index contributed by atoms with van der Waals surface area (Å²) < 4.78 is 69.1. The first kappa shape index (κ1) is 109. The fraction of sp³-hybridized carbons (Fsp3) is 0.957. The summed E-state index contributed by atoms with van der Waals surface area (Å²) in [4.78, 5) is 73.5. The van der Waals surface area contributed by atoms with Crippen LogP contribution < -0.4 is 0 Å². The zero-order chi connectivity index (χ0) is 81.5. The van der Waals surface area contributed by atoms with E-state index < -0.39 is 97.5 Å². The number of aliphatic hydroxyl groups excluding tert-OH is 1. The minimum absolute atomic E-state index is 0.108. The van der Waals surface area contributed by atoms with E-state index in [0.717, 1.165) is 108 Å². The third-order valence-electron chi connectivity index (χ3n) is 22.0. The number of aliphatic hydroxyl groups is 1. The van der Waals surface area contributed by atoms with Crippen LogP contribution in [0.5, 0.6) is 0 Å². The molecule has 0 aliphatic heterocycles. The zero-order valence-corrected chi connectivity index (χ0v) is 75.2. The molecule has 0 saturated heterocycles. The summed E-state index contributed by atoms with van der Waals surface area (Å²) in [6.45, 7) is 12.1. The van der Waals surface area contributed by atoms with Gasteiger partial charge >= 0.3 is 39.5 Å². The summed E-state index contributed by atoms with van der Waals surface area (Å²) in [5.41, 5.74) is 0. The Kier molecular flexibility index (Phi) is 80.4. The standard InChI is InChI=1S/C92H180O17P2/c1-8-10-11-12-13-14-15-38-45-52-59-66-73-89(94)102-79-87(108-92(97)76-69-62-55-48-41-34-28-22-24-30-36-43-50-57-64-71-84(5)6)81-106-110(98,99)104-77-86(93)78-105-111(100,101)107-82-88(80-103-90(95)74-67-60-53-46-39-32-26-21-20-23-29-35-42-49-56-63-70-83(3)4)109-91(96)75-68-61-54-47-40-33-27-19-17-16-18-25-31-37-44-51-58-65-72-85(7)9-2/h83-88,93H,8-82H2,1-7H3,(H,98,99)(H,100,101)/t85?,86-,87+,88+/m0/s1. The topological polar surface area (TPSA) is 237 Å². The van der Waals surface area contributed by atoms with Gasteiger partial charge < -0.3 is 33.8 Å². The summed E-state index contributed by atoms with van der Waals surface area (Å²) >= 11 is 0. The van der Waals surface area contributed by atoms with E-state index in [4.69, 9.17) is 37.0 Å². The molecule has 19 heteroatoms. The number of rotatable bonds is 90. The third-order valence-corrected chi connectivity index (χ3v) is 23.9. The lowest BCUT2D eigenvalue weighted by Crippen LogP contribution is -2.30. The minimum atomic E-state index is -4.97. The number of hydrogen-bond acceptors (Lipinski definition) is 15. The van der Waals surface area contributed by atoms with Crippen LogP contribution in [0.15, 0.2) is 0 Å². The van der Waals surface area contributed by atoms with Crippen LogP contribution >= 0.6 is 15.6 Å². The van der Waals surface area contributed by atoms with E-state index in [1.807, 2.05) is 0 Å². The highest BCUT2D eigenvalue weighted by molar-refractivity contribution is 7.47. The number of phosphoric acid groups is 2. The SMILES string of the molecule is CCCCCCCCCCCCCCC(=O)OC[C@H](COP(=O)(O)OC[C@H](O)COP(=O)(O)OC[C@@H](COC(=O)CCCCCCCCCCCCCCCCCCC(C)C)OC(=O)CCCCCCCCCCCCCCCCCCCCC(C)CC)OC(=O)CCCCCCCCCCCCCCCCCC(C)C. The quantitative estimate of drug-likeness (QED) is 0.0222. The van der Waals surface area contributed by atoms with Crippen molar-refractivity contribution in [2.24, 2.45) is 17.8 Å². The Labute approximate surface area is 683 Å². The molecule has 0 amide bonds. The van der Waals surface area contributed by atoms with Gasteiger partial charge in [0.2, 0.25) is 0 Å². The molecule has 0 radical (unpaired) electrons. The van der Waals surface area contributed by atoms with Crippen LogP contribution in [0.3, 0.4) is 0 Å². The van der Waals surface area contributed by atoms with E-state index >= 15 is 0 Å². The van der Waals surface area contributed by atoms with Crippen molar-refractivity contribution in [1.82, 2.24) is 0 Å². The third kappa shape index (κ3) is 84.3. The molecule has 111 heavy (non-hydrogen) atoms. The van der Waals surface area contributed by atoms with Gasteiger partial charge in [-0.1, -0.05) is 440 Å². The summed E-state index contributed by atoms with van der Waals surface area (Å²) in [7, 11) is -9.94. The van der Waals surface area contributed by atoms with Crippen molar-refractivity contribution in [3.8, 4) is 0 Å². The van der Waals surface area contributed by atoms with Crippen LogP contribution in [0.25, 0.3) is 0 Å². The Balaban J connectivity index is 5.25. The van der Waals surface area contributed by atoms with Gasteiger partial charge in [0.05, 0.1) is 26.4 Å². The van der Waals surface area contributed by atoms with Crippen LogP contribution in [0.1, 0.15) is 492 Å². The first-order valence-electron chi connectivity index (χ1n) is 47.4. The van der Waals surface area contributed by atoms with Crippen LogP contribution in [-0.2, 0) is 65.4 Å². The normalized spacial score (nSPS) is 14.0. The molecular weight excluding hydrogens is 1440 g/mol. The molecule has 0 bridgehead atoms. The predicted molar refractivity (Wildman–Crippen MR) is 460 cm³/mol. The molecule has 0 heterocycles. The molecule has 0 spiro atoms. The van der Waals surface area contributed by atoms with Gasteiger partial charge in [-0.15, -0.1) is 0 Å². The Morgan fingerprint density at radius 3 is 0.685 bits per heavy atom. The second kappa shape index (κ2) is 81.8. The molecule has 3 unspecified atom stereocenters. The molecular formula is C92H180O17P2. The minimum Gasteiger partial charge on any atom is -0.462 e. The largest absolute Gasteiger partial charge is 0.472 e. The molecule has 0 aliphatic rings. The maximum atomic E-state index is 13.2. The van der Waals surface area contributed by atoms with Gasteiger partial charge in [0.15, 0.2) is 12.2 Å². The Hall–Kier alpha value is -1.94. The molecule has 0 aromatic carbocycles. The fourth-order valence-corrected chi connectivity index (χ4v) is 16.0. The van der Waals surface area contributed by atoms with Crippen LogP contribution in [-0.4, -0.2) is 96.7 Å². The lowest BCUT2D eigenvalue weighted by Gasteiger charge is -2.21. The Bertz CT molecular complexity index is 2130. The number of carbonyl (C=O) groups is 4. The van der Waals surface area contributed by atoms with Crippen molar-refractivity contribution in [3.05, 3.63) is 0 Å². The number of hydrogen-bond donors (Lipinski definition) is 3. The van der Waals surface area contributed by atoms with Crippen molar-refractivity contribution >= 4 is 39.5 Å². The van der Waals surface area contributed by atoms with E-state index in [0.29, 0.717) is 25.7 Å². The molecule has 3 N–H and O–H groups in total. The van der Waals surface area contributed by atoms with Gasteiger partial charge in [0, 0.05) is 25.7 Å². The van der Waals surface area contributed by atoms with E-state index in [-0.39, 0.29) is 25.7 Å². The average Bonchev–Trinajstić information content (AvgIpc) is 0.895. The fourth-order valence-electron chi connectivity index (χ4n) is 14.4. The van der Waals surface area contributed by atoms with E-state index in [2.05, 4.69) is 48.5 Å². The van der Waals surface area contributed by atoms with Crippen LogP contribution in [0.2, 0.25) is 0 Å². The first-order valence-corrected chi connectivity index (χ1v) is 50.4. The summed E-state index contributed by atoms with van der Waals surface area (Å²) in [6.07, 6.45) is 74.9. The van der Waals surface area contributed by atoms with Gasteiger partial charge in [-0.3, -0.25) is 37.3 Å². The van der Waals surface area contributed by atoms with E-state index in [1.165, 1.54) is 302 Å². The maximum absolute atomic E-state index is 13.2. The van der Waals surface area contributed by atoms with Crippen LogP contribution in [0, 0.1) is 17.8 Å². The van der Waals surface area contributed by atoms with Gasteiger partial charge in [-0.25, -0.2) is 9.13 Å². The second-order valence-corrected chi connectivity index (χ2v) is 37.2. The smallest absolute Gasteiger partial charge is 0.462 e. The zero-order valence-electron chi connectivity index (χ0n) is 73.4. The molecule has 0 saturated carbocycles. The molecule has 0 fully saturated rings. The number of phosphoric ester groups is 2. The highest BCUT2D eigenvalue weighted by Gasteiger charge is 2.31. The molecule has 660 valence electrons. The molecule has 6 atom stereocenters. The number of carbonyl (C=O) groups excluding carboxylic acids is 4. The number of unbranched alkanes of at least 4 members (excludes halogenated alkanes) is 57. The summed E-state index contributed by atoms with van der Waals surface area (Å²) in [6, 6.07) is 0. The van der Waals surface area contributed by atoms with Gasteiger partial charge in [0.1, 0.15) is 19.3 Å². The first-order chi connectivity index (χ1) is 53.8. The molecule has 0 aromatic heterocycles. The highest BCUT2D eigenvalue weighted by Crippen LogP contribution is 2.45. The Morgan fingerprint density at radius 1 is 0.261 bits per heavy atom. The second-order valence-electron chi connectivity index (χ2n) is 34.2. The van der Waals surface area contributed by atoms with Gasteiger partial charge in [0.25, 0.3) is 0 Å². The van der Waals surface area contributed by atoms with Crippen molar-refractivity contribution in [3.63, 3.8) is 0 Å². The van der Waals surface area contributed by atoms with Crippen LogP contribution in [0.4, 0.5) is 0 Å². The van der Waals surface area contributed by atoms with Gasteiger partial charge in [-0.05, 0) is 43.4 Å². The highest BCUT2D eigenvalue weighted by atomic mass is 31.2. The predicted octanol–water partition coefficient (Wildman–Crippen LogP) is 28.4. The molecule has 0 aromatic rings. The lowest BCUT2D eigenvalue weighted by molar-refractivity contribution is -0.161. The summed E-state index contributed by atoms with van der Waals surface area (Å²) in [5, 5.41) is 10.7. The number of esters is 4.